The molecule has 0 spiro atoms. The Hall–Kier alpha value is -2.08. The van der Waals surface area contributed by atoms with Crippen LogP contribution < -0.4 is 5.32 Å². The predicted octanol–water partition coefficient (Wildman–Crippen LogP) is 4.73. The number of rotatable bonds is 4. The van der Waals surface area contributed by atoms with E-state index in [-0.39, 0.29) is 11.8 Å². The molecule has 0 radical (unpaired) electrons. The standard InChI is InChI=1S/C21H22Cl2N4O/c1-26-18-8-3-2-6-16(18)24-19(26)13-27-11-9-14(10-12-27)21(28)25-17-7-4-5-15(22)20(17)23/h2-8,14H,9-13H2,1H3,(H,25,28). The lowest BCUT2D eigenvalue weighted by atomic mass is 9.96. The van der Waals surface area contributed by atoms with E-state index in [1.807, 2.05) is 18.2 Å². The van der Waals surface area contributed by atoms with Crippen molar-refractivity contribution in [1.82, 2.24) is 14.5 Å². The molecular weight excluding hydrogens is 395 g/mol. The molecule has 1 aliphatic heterocycles. The third-order valence-corrected chi connectivity index (χ3v) is 6.23. The molecule has 1 saturated heterocycles. The monoisotopic (exact) mass is 416 g/mol. The normalized spacial score (nSPS) is 15.8. The maximum absolute atomic E-state index is 12.6. The molecule has 3 aromatic rings. The Morgan fingerprint density at radius 2 is 1.89 bits per heavy atom. The van der Waals surface area contributed by atoms with Gasteiger partial charge in [-0.3, -0.25) is 9.69 Å². The second kappa shape index (κ2) is 8.11. The molecule has 28 heavy (non-hydrogen) atoms. The van der Waals surface area contributed by atoms with Gasteiger partial charge < -0.3 is 9.88 Å². The maximum atomic E-state index is 12.6. The lowest BCUT2D eigenvalue weighted by molar-refractivity contribution is -0.121. The Morgan fingerprint density at radius 1 is 1.14 bits per heavy atom. The van der Waals surface area contributed by atoms with Crippen molar-refractivity contribution in [2.45, 2.75) is 19.4 Å². The Labute approximate surface area is 174 Å². The van der Waals surface area contributed by atoms with E-state index in [2.05, 4.69) is 27.9 Å². The summed E-state index contributed by atoms with van der Waals surface area (Å²) in [6, 6.07) is 13.4. The number of amides is 1. The van der Waals surface area contributed by atoms with Crippen LogP contribution >= 0.6 is 23.2 Å². The van der Waals surface area contributed by atoms with Gasteiger partial charge in [0.2, 0.25) is 5.91 Å². The van der Waals surface area contributed by atoms with E-state index in [0.29, 0.717) is 15.7 Å². The average Bonchev–Trinajstić information content (AvgIpc) is 3.02. The van der Waals surface area contributed by atoms with Gasteiger partial charge in [-0.05, 0) is 50.2 Å². The largest absolute Gasteiger partial charge is 0.330 e. The molecule has 0 aliphatic carbocycles. The Kier molecular flexibility index (Phi) is 5.58. The summed E-state index contributed by atoms with van der Waals surface area (Å²) in [5, 5.41) is 3.75. The van der Waals surface area contributed by atoms with Crippen LogP contribution in [0.15, 0.2) is 42.5 Å². The van der Waals surface area contributed by atoms with Crippen LogP contribution in [-0.2, 0) is 18.4 Å². The lowest BCUT2D eigenvalue weighted by Crippen LogP contribution is -2.38. The Bertz CT molecular complexity index is 1010. The van der Waals surface area contributed by atoms with Crippen molar-refractivity contribution in [3.8, 4) is 0 Å². The second-order valence-electron chi connectivity index (χ2n) is 7.22. The van der Waals surface area contributed by atoms with Gasteiger partial charge in [0.15, 0.2) is 0 Å². The first kappa shape index (κ1) is 19.2. The van der Waals surface area contributed by atoms with Crippen molar-refractivity contribution in [2.75, 3.05) is 18.4 Å². The quantitative estimate of drug-likeness (QED) is 0.668. The van der Waals surface area contributed by atoms with Gasteiger partial charge in [0.1, 0.15) is 5.82 Å². The number of anilines is 1. The zero-order valence-corrected chi connectivity index (χ0v) is 17.2. The topological polar surface area (TPSA) is 50.2 Å². The molecule has 4 rings (SSSR count). The van der Waals surface area contributed by atoms with Gasteiger partial charge in [0.05, 0.1) is 33.3 Å². The zero-order valence-electron chi connectivity index (χ0n) is 15.7. The molecule has 2 aromatic carbocycles. The minimum Gasteiger partial charge on any atom is -0.330 e. The number of fused-ring (bicyclic) bond motifs is 1. The molecule has 0 unspecified atom stereocenters. The fraction of sp³-hybridized carbons (Fsp3) is 0.333. The smallest absolute Gasteiger partial charge is 0.227 e. The molecule has 1 fully saturated rings. The van der Waals surface area contributed by atoms with E-state index >= 15 is 0 Å². The van der Waals surface area contributed by atoms with Crippen molar-refractivity contribution in [3.05, 3.63) is 58.3 Å². The van der Waals surface area contributed by atoms with Gasteiger partial charge in [-0.25, -0.2) is 4.98 Å². The molecule has 7 heteroatoms. The highest BCUT2D eigenvalue weighted by atomic mass is 35.5. The van der Waals surface area contributed by atoms with E-state index < -0.39 is 0 Å². The van der Waals surface area contributed by atoms with Gasteiger partial charge in [-0.15, -0.1) is 0 Å². The molecular formula is C21H22Cl2N4O. The summed E-state index contributed by atoms with van der Waals surface area (Å²) in [5.41, 5.74) is 2.74. The SMILES string of the molecule is Cn1c(CN2CCC(C(=O)Nc3cccc(Cl)c3Cl)CC2)nc2ccccc21. The molecule has 2 heterocycles. The van der Waals surface area contributed by atoms with Crippen LogP contribution in [0.2, 0.25) is 10.0 Å². The van der Waals surface area contributed by atoms with Crippen LogP contribution in [0.4, 0.5) is 5.69 Å². The minimum absolute atomic E-state index is 0.00606. The van der Waals surface area contributed by atoms with E-state index in [4.69, 9.17) is 28.2 Å². The summed E-state index contributed by atoms with van der Waals surface area (Å²) in [4.78, 5) is 19.7. The summed E-state index contributed by atoms with van der Waals surface area (Å²) < 4.78 is 2.15. The average molecular weight is 417 g/mol. The number of carbonyl (C=O) groups is 1. The van der Waals surface area contributed by atoms with Crippen molar-refractivity contribution in [3.63, 3.8) is 0 Å². The highest BCUT2D eigenvalue weighted by Gasteiger charge is 2.26. The molecule has 5 nitrogen and oxygen atoms in total. The number of piperidine rings is 1. The van der Waals surface area contributed by atoms with Crippen LogP contribution in [0, 0.1) is 5.92 Å². The highest BCUT2D eigenvalue weighted by molar-refractivity contribution is 6.44. The maximum Gasteiger partial charge on any atom is 0.227 e. The first-order valence-electron chi connectivity index (χ1n) is 9.40. The molecule has 0 bridgehead atoms. The molecule has 0 atom stereocenters. The second-order valence-corrected chi connectivity index (χ2v) is 8.00. The van der Waals surface area contributed by atoms with Gasteiger partial charge in [0.25, 0.3) is 0 Å². The number of carbonyl (C=O) groups excluding carboxylic acids is 1. The molecule has 146 valence electrons. The zero-order chi connectivity index (χ0) is 19.7. The molecule has 1 N–H and O–H groups in total. The highest BCUT2D eigenvalue weighted by Crippen LogP contribution is 2.30. The molecule has 0 saturated carbocycles. The Morgan fingerprint density at radius 3 is 2.64 bits per heavy atom. The van der Waals surface area contributed by atoms with Crippen molar-refractivity contribution in [2.24, 2.45) is 13.0 Å². The van der Waals surface area contributed by atoms with Crippen molar-refractivity contribution in [1.29, 1.82) is 0 Å². The summed E-state index contributed by atoms with van der Waals surface area (Å²) >= 11 is 12.2. The fourth-order valence-electron chi connectivity index (χ4n) is 3.73. The number of para-hydroxylation sites is 2. The number of benzene rings is 2. The van der Waals surface area contributed by atoms with Gasteiger partial charge in [-0.1, -0.05) is 41.4 Å². The summed E-state index contributed by atoms with van der Waals surface area (Å²) in [6.07, 6.45) is 1.63. The number of hydrogen-bond donors (Lipinski definition) is 1. The molecule has 1 amide bonds. The number of halogens is 2. The number of likely N-dealkylation sites (tertiary alicyclic amines) is 1. The molecule has 1 aliphatic rings. The van der Waals surface area contributed by atoms with E-state index in [1.54, 1.807) is 18.2 Å². The van der Waals surface area contributed by atoms with Crippen molar-refractivity contribution < 1.29 is 4.79 Å². The third kappa shape index (κ3) is 3.88. The van der Waals surface area contributed by atoms with Crippen LogP contribution in [0.5, 0.6) is 0 Å². The van der Waals surface area contributed by atoms with Crippen LogP contribution in [0.25, 0.3) is 11.0 Å². The Balaban J connectivity index is 1.35. The van der Waals surface area contributed by atoms with Crippen LogP contribution in [0.1, 0.15) is 18.7 Å². The number of hydrogen-bond acceptors (Lipinski definition) is 3. The lowest BCUT2D eigenvalue weighted by Gasteiger charge is -2.31. The summed E-state index contributed by atoms with van der Waals surface area (Å²) in [7, 11) is 2.06. The van der Waals surface area contributed by atoms with E-state index in [0.717, 1.165) is 49.3 Å². The fourth-order valence-corrected chi connectivity index (χ4v) is 4.07. The van der Waals surface area contributed by atoms with Crippen LogP contribution in [0.3, 0.4) is 0 Å². The van der Waals surface area contributed by atoms with Gasteiger partial charge >= 0.3 is 0 Å². The summed E-state index contributed by atoms with van der Waals surface area (Å²) in [5.74, 6) is 1.04. The summed E-state index contributed by atoms with van der Waals surface area (Å²) in [6.45, 7) is 2.52. The number of nitrogens with zero attached hydrogens (tertiary/aromatic N) is 3. The van der Waals surface area contributed by atoms with E-state index in [9.17, 15) is 4.79 Å². The number of aromatic nitrogens is 2. The first-order chi connectivity index (χ1) is 13.5. The minimum atomic E-state index is -0.0215. The van der Waals surface area contributed by atoms with Crippen molar-refractivity contribution >= 4 is 45.8 Å². The number of aryl methyl sites for hydroxylation is 1. The van der Waals surface area contributed by atoms with E-state index in [1.165, 1.54) is 0 Å². The van der Waals surface area contributed by atoms with Crippen LogP contribution in [-0.4, -0.2) is 33.4 Å². The van der Waals surface area contributed by atoms with Gasteiger partial charge in [0, 0.05) is 13.0 Å². The van der Waals surface area contributed by atoms with Gasteiger partial charge in [-0.2, -0.15) is 0 Å². The number of imidazole rings is 1. The predicted molar refractivity (Wildman–Crippen MR) is 114 cm³/mol. The molecule has 1 aromatic heterocycles. The first-order valence-corrected chi connectivity index (χ1v) is 10.2. The third-order valence-electron chi connectivity index (χ3n) is 5.41. The number of nitrogens with one attached hydrogen (secondary N) is 1.